The van der Waals surface area contributed by atoms with Gasteiger partial charge in [-0.15, -0.1) is 0 Å². The zero-order valence-corrected chi connectivity index (χ0v) is 10.6. The van der Waals surface area contributed by atoms with E-state index in [9.17, 15) is 18.0 Å². The topological polar surface area (TPSA) is 41.1 Å². The van der Waals surface area contributed by atoms with Crippen molar-refractivity contribution in [3.63, 3.8) is 0 Å². The van der Waals surface area contributed by atoms with E-state index in [-0.39, 0.29) is 10.7 Å². The summed E-state index contributed by atoms with van der Waals surface area (Å²) < 4.78 is 38.5. The molecule has 0 bridgehead atoms. The molecule has 1 amide bonds. The molecule has 1 aliphatic heterocycles. The molecule has 0 aromatic heterocycles. The molecule has 7 heteroatoms. The minimum atomic E-state index is -4.56. The van der Waals surface area contributed by atoms with Gasteiger partial charge in [-0.3, -0.25) is 4.79 Å². The van der Waals surface area contributed by atoms with Crippen LogP contribution in [0, 0.1) is 0 Å². The third kappa shape index (κ3) is 3.39. The fraction of sp³-hybridized carbons (Fsp3) is 0.417. The normalized spacial score (nSPS) is 19.5. The van der Waals surface area contributed by atoms with Crippen molar-refractivity contribution < 1.29 is 18.0 Å². The Labute approximate surface area is 113 Å². The van der Waals surface area contributed by atoms with Crippen LogP contribution in [0.2, 0.25) is 5.02 Å². The summed E-state index contributed by atoms with van der Waals surface area (Å²) >= 11 is 5.56. The zero-order valence-electron chi connectivity index (χ0n) is 9.85. The number of carbonyl (C=O) groups excluding carboxylic acids is 1. The number of hydrogen-bond donors (Lipinski definition) is 2. The summed E-state index contributed by atoms with van der Waals surface area (Å²) in [5.41, 5.74) is -1.21. The molecule has 0 radical (unpaired) electrons. The standard InChI is InChI=1S/C12H12ClF3N2O/c13-7-3-4-9(8(6-7)12(14,15)16)18-11(19)10-2-1-5-17-10/h3-4,6,10,17H,1-2,5H2,(H,18,19)/t10-/m1/s1. The first-order valence-corrected chi connectivity index (χ1v) is 6.17. The third-order valence-corrected chi connectivity index (χ3v) is 3.16. The summed E-state index contributed by atoms with van der Waals surface area (Å²) in [5.74, 6) is -0.453. The molecule has 1 saturated heterocycles. The summed E-state index contributed by atoms with van der Waals surface area (Å²) in [7, 11) is 0. The first kappa shape index (κ1) is 14.1. The van der Waals surface area contributed by atoms with Crippen LogP contribution in [0.25, 0.3) is 0 Å². The van der Waals surface area contributed by atoms with Crippen LogP contribution in [0.15, 0.2) is 18.2 Å². The lowest BCUT2D eigenvalue weighted by molar-refractivity contribution is -0.137. The second kappa shape index (κ2) is 5.38. The van der Waals surface area contributed by atoms with Crippen molar-refractivity contribution in [2.45, 2.75) is 25.1 Å². The summed E-state index contributed by atoms with van der Waals surface area (Å²) in [4.78, 5) is 11.8. The quantitative estimate of drug-likeness (QED) is 0.879. The Balaban J connectivity index is 2.22. The molecule has 1 aliphatic rings. The van der Waals surface area contributed by atoms with Crippen LogP contribution in [-0.4, -0.2) is 18.5 Å². The van der Waals surface area contributed by atoms with Crippen LogP contribution in [0.1, 0.15) is 18.4 Å². The molecule has 104 valence electrons. The fourth-order valence-corrected chi connectivity index (χ4v) is 2.16. The number of halogens is 4. The minimum Gasteiger partial charge on any atom is -0.324 e. The van der Waals surface area contributed by atoms with Gasteiger partial charge in [-0.25, -0.2) is 0 Å². The van der Waals surface area contributed by atoms with Crippen LogP contribution in [-0.2, 0) is 11.0 Å². The highest BCUT2D eigenvalue weighted by Crippen LogP contribution is 2.36. The molecule has 2 N–H and O–H groups in total. The molecular formula is C12H12ClF3N2O. The predicted molar refractivity (Wildman–Crippen MR) is 66.1 cm³/mol. The van der Waals surface area contributed by atoms with E-state index in [4.69, 9.17) is 11.6 Å². The van der Waals surface area contributed by atoms with Gasteiger partial charge in [0.15, 0.2) is 0 Å². The van der Waals surface area contributed by atoms with Gasteiger partial charge in [0.05, 0.1) is 17.3 Å². The Morgan fingerprint density at radius 1 is 1.42 bits per heavy atom. The van der Waals surface area contributed by atoms with E-state index in [0.717, 1.165) is 18.6 Å². The van der Waals surface area contributed by atoms with Crippen molar-refractivity contribution in [2.75, 3.05) is 11.9 Å². The van der Waals surface area contributed by atoms with Crippen LogP contribution in [0.4, 0.5) is 18.9 Å². The molecule has 2 rings (SSSR count). The number of benzene rings is 1. The Bertz CT molecular complexity index is 484. The van der Waals surface area contributed by atoms with Gasteiger partial charge in [0.1, 0.15) is 0 Å². The Morgan fingerprint density at radius 2 is 2.16 bits per heavy atom. The lowest BCUT2D eigenvalue weighted by Crippen LogP contribution is -2.36. The summed E-state index contributed by atoms with van der Waals surface area (Å²) in [6, 6.07) is 2.85. The van der Waals surface area contributed by atoms with Gasteiger partial charge in [0.25, 0.3) is 0 Å². The van der Waals surface area contributed by atoms with E-state index in [2.05, 4.69) is 10.6 Å². The summed E-state index contributed by atoms with van der Waals surface area (Å²) in [5, 5.41) is 5.21. The predicted octanol–water partition coefficient (Wildman–Crippen LogP) is 3.05. The number of carbonyl (C=O) groups is 1. The van der Waals surface area contributed by atoms with E-state index >= 15 is 0 Å². The second-order valence-corrected chi connectivity index (χ2v) is 4.76. The van der Waals surface area contributed by atoms with E-state index < -0.39 is 23.7 Å². The lowest BCUT2D eigenvalue weighted by atomic mass is 10.1. The van der Waals surface area contributed by atoms with Crippen molar-refractivity contribution in [3.05, 3.63) is 28.8 Å². The van der Waals surface area contributed by atoms with E-state index in [1.807, 2.05) is 0 Å². The zero-order chi connectivity index (χ0) is 14.0. The largest absolute Gasteiger partial charge is 0.418 e. The Morgan fingerprint density at radius 3 is 2.74 bits per heavy atom. The number of anilines is 1. The molecule has 1 atom stereocenters. The molecule has 0 unspecified atom stereocenters. The van der Waals surface area contributed by atoms with Crippen molar-refractivity contribution in [1.29, 1.82) is 0 Å². The smallest absolute Gasteiger partial charge is 0.324 e. The highest BCUT2D eigenvalue weighted by atomic mass is 35.5. The van der Waals surface area contributed by atoms with Crippen LogP contribution < -0.4 is 10.6 Å². The van der Waals surface area contributed by atoms with E-state index in [1.54, 1.807) is 0 Å². The molecule has 1 fully saturated rings. The van der Waals surface area contributed by atoms with Crippen molar-refractivity contribution in [2.24, 2.45) is 0 Å². The maximum Gasteiger partial charge on any atom is 0.418 e. The lowest BCUT2D eigenvalue weighted by Gasteiger charge is -2.16. The maximum absolute atomic E-state index is 12.8. The summed E-state index contributed by atoms with van der Waals surface area (Å²) in [6.07, 6.45) is -3.10. The highest BCUT2D eigenvalue weighted by molar-refractivity contribution is 6.30. The number of alkyl halides is 3. The molecular weight excluding hydrogens is 281 g/mol. The monoisotopic (exact) mass is 292 g/mol. The molecule has 0 saturated carbocycles. The third-order valence-electron chi connectivity index (χ3n) is 2.92. The Hall–Kier alpha value is -1.27. The SMILES string of the molecule is O=C(Nc1ccc(Cl)cc1C(F)(F)F)[C@H]1CCCN1. The van der Waals surface area contributed by atoms with Gasteiger partial charge in [0, 0.05) is 5.02 Å². The van der Waals surface area contributed by atoms with Gasteiger partial charge in [-0.1, -0.05) is 11.6 Å². The molecule has 0 aliphatic carbocycles. The molecule has 3 nitrogen and oxygen atoms in total. The van der Waals surface area contributed by atoms with Crippen LogP contribution in [0.5, 0.6) is 0 Å². The number of rotatable bonds is 2. The first-order valence-electron chi connectivity index (χ1n) is 5.79. The summed E-state index contributed by atoms with van der Waals surface area (Å²) in [6.45, 7) is 0.699. The van der Waals surface area contributed by atoms with Gasteiger partial charge in [0.2, 0.25) is 5.91 Å². The second-order valence-electron chi connectivity index (χ2n) is 4.33. The first-order chi connectivity index (χ1) is 8.88. The number of nitrogens with one attached hydrogen (secondary N) is 2. The van der Waals surface area contributed by atoms with Crippen LogP contribution >= 0.6 is 11.6 Å². The maximum atomic E-state index is 12.8. The Kier molecular flexibility index (Phi) is 4.01. The van der Waals surface area contributed by atoms with Crippen LogP contribution in [0.3, 0.4) is 0 Å². The van der Waals surface area contributed by atoms with Gasteiger partial charge < -0.3 is 10.6 Å². The molecule has 19 heavy (non-hydrogen) atoms. The van der Waals surface area contributed by atoms with Crippen molar-refractivity contribution >= 4 is 23.2 Å². The average Bonchev–Trinajstić information content (AvgIpc) is 2.83. The van der Waals surface area contributed by atoms with Gasteiger partial charge in [-0.2, -0.15) is 13.2 Å². The molecule has 1 aromatic rings. The average molecular weight is 293 g/mol. The van der Waals surface area contributed by atoms with E-state index in [1.165, 1.54) is 6.07 Å². The highest BCUT2D eigenvalue weighted by Gasteiger charge is 2.35. The molecule has 1 heterocycles. The van der Waals surface area contributed by atoms with Gasteiger partial charge >= 0.3 is 6.18 Å². The number of amides is 1. The molecule has 1 aromatic carbocycles. The molecule has 0 spiro atoms. The van der Waals surface area contributed by atoms with E-state index in [0.29, 0.717) is 13.0 Å². The fourth-order valence-electron chi connectivity index (χ4n) is 1.99. The van der Waals surface area contributed by atoms with Gasteiger partial charge in [-0.05, 0) is 37.6 Å². The van der Waals surface area contributed by atoms with Crippen molar-refractivity contribution in [1.82, 2.24) is 5.32 Å². The number of hydrogen-bond acceptors (Lipinski definition) is 2. The minimum absolute atomic E-state index is 0.0238. The van der Waals surface area contributed by atoms with Crippen molar-refractivity contribution in [3.8, 4) is 0 Å².